The first-order chi connectivity index (χ1) is 16.6. The number of benzene rings is 3. The van der Waals surface area contributed by atoms with E-state index < -0.39 is 6.04 Å². The molecule has 0 saturated carbocycles. The van der Waals surface area contributed by atoms with E-state index >= 15 is 0 Å². The largest absolute Gasteiger partial charge is 0.490 e. The molecule has 0 aromatic heterocycles. The zero-order valence-corrected chi connectivity index (χ0v) is 19.6. The lowest BCUT2D eigenvalue weighted by Gasteiger charge is -2.32. The van der Waals surface area contributed by atoms with Gasteiger partial charge in [-0.25, -0.2) is 0 Å². The van der Waals surface area contributed by atoms with Gasteiger partial charge in [0.05, 0.1) is 13.2 Å². The molecule has 0 aliphatic carbocycles. The van der Waals surface area contributed by atoms with Gasteiger partial charge >= 0.3 is 0 Å². The normalized spacial score (nSPS) is 13.5. The summed E-state index contributed by atoms with van der Waals surface area (Å²) >= 11 is 0. The van der Waals surface area contributed by atoms with Crippen LogP contribution in [0.15, 0.2) is 72.8 Å². The number of hydrogen-bond acceptors (Lipinski definition) is 4. The van der Waals surface area contributed by atoms with Crippen molar-refractivity contribution in [3.05, 3.63) is 89.5 Å². The van der Waals surface area contributed by atoms with E-state index in [9.17, 15) is 9.59 Å². The molecule has 0 spiro atoms. The number of rotatable bonds is 8. The van der Waals surface area contributed by atoms with Crippen molar-refractivity contribution in [3.8, 4) is 11.5 Å². The molecule has 3 aromatic rings. The first-order valence-electron chi connectivity index (χ1n) is 11.8. The van der Waals surface area contributed by atoms with Gasteiger partial charge in [-0.1, -0.05) is 48.5 Å². The zero-order chi connectivity index (χ0) is 23.9. The molecule has 0 radical (unpaired) electrons. The van der Waals surface area contributed by atoms with Gasteiger partial charge in [-0.2, -0.15) is 0 Å². The summed E-state index contributed by atoms with van der Waals surface area (Å²) in [5.74, 6) is 0.588. The summed E-state index contributed by atoms with van der Waals surface area (Å²) in [4.78, 5) is 28.9. The van der Waals surface area contributed by atoms with Crippen LogP contribution in [-0.4, -0.2) is 31.6 Å². The van der Waals surface area contributed by atoms with E-state index in [-0.39, 0.29) is 11.8 Å². The second kappa shape index (κ2) is 10.9. The smallest absolute Gasteiger partial charge is 0.254 e. The monoisotopic (exact) mass is 458 g/mol. The summed E-state index contributed by atoms with van der Waals surface area (Å²) in [7, 11) is 0. The Labute approximate surface area is 200 Å². The van der Waals surface area contributed by atoms with Crippen LogP contribution in [0, 0.1) is 0 Å². The summed E-state index contributed by atoms with van der Waals surface area (Å²) < 4.78 is 11.3. The highest BCUT2D eigenvalue weighted by molar-refractivity contribution is 6.03. The molecule has 6 nitrogen and oxygen atoms in total. The molecule has 1 N–H and O–H groups in total. The Bertz CT molecular complexity index is 1150. The number of nitrogens with one attached hydrogen (secondary N) is 1. The number of ether oxygens (including phenoxy) is 2. The summed E-state index contributed by atoms with van der Waals surface area (Å²) in [6.07, 6.45) is 1.82. The second-order valence-corrected chi connectivity index (χ2v) is 8.07. The molecular weight excluding hydrogens is 428 g/mol. The Balaban J connectivity index is 1.64. The van der Waals surface area contributed by atoms with Crippen LogP contribution < -0.4 is 19.7 Å². The molecule has 1 aliphatic heterocycles. The van der Waals surface area contributed by atoms with Crippen molar-refractivity contribution in [1.82, 2.24) is 5.32 Å². The minimum absolute atomic E-state index is 0.150. The second-order valence-electron chi connectivity index (χ2n) is 8.07. The lowest BCUT2D eigenvalue weighted by Crippen LogP contribution is -2.45. The van der Waals surface area contributed by atoms with E-state index in [0.29, 0.717) is 36.8 Å². The highest BCUT2D eigenvalue weighted by Crippen LogP contribution is 2.31. The fourth-order valence-corrected chi connectivity index (χ4v) is 4.26. The van der Waals surface area contributed by atoms with Crippen molar-refractivity contribution in [2.24, 2.45) is 0 Å². The van der Waals surface area contributed by atoms with Gasteiger partial charge in [0, 0.05) is 17.8 Å². The lowest BCUT2D eigenvalue weighted by atomic mass is 9.99. The van der Waals surface area contributed by atoms with Gasteiger partial charge in [0.15, 0.2) is 11.5 Å². The minimum Gasteiger partial charge on any atom is -0.490 e. The van der Waals surface area contributed by atoms with Gasteiger partial charge in [0.1, 0.15) is 6.04 Å². The van der Waals surface area contributed by atoms with E-state index in [2.05, 4.69) is 11.4 Å². The molecule has 2 amide bonds. The molecule has 0 unspecified atom stereocenters. The number of nitrogens with zero attached hydrogens (tertiary/aromatic N) is 1. The molecule has 0 fully saturated rings. The summed E-state index contributed by atoms with van der Waals surface area (Å²) in [6, 6.07) is 21.6. The fraction of sp³-hybridized carbons (Fsp3) is 0.286. The van der Waals surface area contributed by atoms with Gasteiger partial charge in [-0.3, -0.25) is 9.59 Å². The number of carbonyl (C=O) groups excluding carboxylic acids is 2. The molecule has 1 atom stereocenters. The first kappa shape index (κ1) is 23.4. The van der Waals surface area contributed by atoms with Crippen molar-refractivity contribution < 1.29 is 19.1 Å². The number of amides is 2. The number of carbonyl (C=O) groups is 2. The van der Waals surface area contributed by atoms with E-state index in [0.717, 1.165) is 29.7 Å². The minimum atomic E-state index is -0.818. The van der Waals surface area contributed by atoms with E-state index in [1.165, 1.54) is 0 Å². The number of hydrogen-bond donors (Lipinski definition) is 1. The first-order valence-corrected chi connectivity index (χ1v) is 11.8. The molecule has 1 aliphatic rings. The van der Waals surface area contributed by atoms with Crippen molar-refractivity contribution >= 4 is 17.5 Å². The summed E-state index contributed by atoms with van der Waals surface area (Å²) in [5.41, 5.74) is 3.20. The van der Waals surface area contributed by atoms with E-state index in [1.54, 1.807) is 23.1 Å². The molecule has 6 heteroatoms. The van der Waals surface area contributed by atoms with Crippen LogP contribution in [0.2, 0.25) is 0 Å². The standard InChI is InChI=1S/C28H30N2O4/c1-3-33-24-17-16-22(19-25(24)34-4-2)27(31)29-26(21-12-6-5-7-13-21)28(32)30-18-10-14-20-11-8-9-15-23(20)30/h5-9,11-13,15-17,19,26H,3-4,10,14,18H2,1-2H3,(H,29,31)/t26-/m1/s1. The third kappa shape index (κ3) is 5.06. The highest BCUT2D eigenvalue weighted by atomic mass is 16.5. The van der Waals surface area contributed by atoms with Crippen molar-refractivity contribution in [2.45, 2.75) is 32.7 Å². The molecule has 176 valence electrons. The van der Waals surface area contributed by atoms with Gasteiger partial charge in [-0.05, 0) is 62.1 Å². The molecule has 1 heterocycles. The quantitative estimate of drug-likeness (QED) is 0.520. The van der Waals surface area contributed by atoms with Crippen LogP contribution in [0.4, 0.5) is 5.69 Å². The SMILES string of the molecule is CCOc1ccc(C(=O)N[C@@H](C(=O)N2CCCc3ccccc32)c2ccccc2)cc1OCC. The summed E-state index contributed by atoms with van der Waals surface area (Å²) in [6.45, 7) is 5.33. The Kier molecular flexibility index (Phi) is 7.48. The van der Waals surface area contributed by atoms with Crippen LogP contribution in [0.5, 0.6) is 11.5 Å². The topological polar surface area (TPSA) is 67.9 Å². The average molecular weight is 459 g/mol. The predicted octanol–water partition coefficient (Wildman–Crippen LogP) is 4.93. The number of para-hydroxylation sites is 1. The Morgan fingerprint density at radius 3 is 2.38 bits per heavy atom. The third-order valence-electron chi connectivity index (χ3n) is 5.84. The third-order valence-corrected chi connectivity index (χ3v) is 5.84. The average Bonchev–Trinajstić information content (AvgIpc) is 2.88. The van der Waals surface area contributed by atoms with Crippen LogP contribution >= 0.6 is 0 Å². The predicted molar refractivity (Wildman–Crippen MR) is 133 cm³/mol. The highest BCUT2D eigenvalue weighted by Gasteiger charge is 2.31. The molecule has 34 heavy (non-hydrogen) atoms. The van der Waals surface area contributed by atoms with Crippen LogP contribution in [0.1, 0.15) is 47.8 Å². The molecule has 0 bridgehead atoms. The lowest BCUT2D eigenvalue weighted by molar-refractivity contribution is -0.120. The van der Waals surface area contributed by atoms with Gasteiger partial charge in [-0.15, -0.1) is 0 Å². The van der Waals surface area contributed by atoms with Crippen molar-refractivity contribution in [1.29, 1.82) is 0 Å². The Morgan fingerprint density at radius 1 is 0.912 bits per heavy atom. The number of aryl methyl sites for hydroxylation is 1. The zero-order valence-electron chi connectivity index (χ0n) is 19.6. The van der Waals surface area contributed by atoms with Crippen LogP contribution in [-0.2, 0) is 11.2 Å². The summed E-state index contributed by atoms with van der Waals surface area (Å²) in [5, 5.41) is 2.97. The van der Waals surface area contributed by atoms with E-state index in [1.807, 2.05) is 62.4 Å². The molecular formula is C28H30N2O4. The van der Waals surface area contributed by atoms with Gasteiger partial charge in [0.2, 0.25) is 0 Å². The molecule has 0 saturated heterocycles. The molecule has 4 rings (SSSR count). The maximum Gasteiger partial charge on any atom is 0.254 e. The van der Waals surface area contributed by atoms with Gasteiger partial charge in [0.25, 0.3) is 11.8 Å². The van der Waals surface area contributed by atoms with Crippen LogP contribution in [0.25, 0.3) is 0 Å². The maximum absolute atomic E-state index is 13.8. The van der Waals surface area contributed by atoms with Crippen LogP contribution in [0.3, 0.4) is 0 Å². The van der Waals surface area contributed by atoms with Crippen molar-refractivity contribution in [3.63, 3.8) is 0 Å². The fourth-order valence-electron chi connectivity index (χ4n) is 4.26. The number of anilines is 1. The number of fused-ring (bicyclic) bond motifs is 1. The Morgan fingerprint density at radius 2 is 1.62 bits per heavy atom. The van der Waals surface area contributed by atoms with Gasteiger partial charge < -0.3 is 19.7 Å². The van der Waals surface area contributed by atoms with E-state index in [4.69, 9.17) is 9.47 Å². The Hall–Kier alpha value is -3.80. The molecule has 3 aromatic carbocycles. The van der Waals surface area contributed by atoms with Crippen molar-refractivity contribution in [2.75, 3.05) is 24.7 Å². The maximum atomic E-state index is 13.8.